The molecular formula is C19H17Cl2N3O2. The van der Waals surface area contributed by atoms with E-state index in [0.29, 0.717) is 33.3 Å². The standard InChI is InChI=1S/C19H17Cl2N3O2/c1-2-24(18(25)10-12-7-8-14(20)15(21)9-12)11-17-22-16-6-4-3-5-13(16)19(26)23-17/h3-9H,2,10-11H2,1H3,(H,22,23,26). The minimum absolute atomic E-state index is 0.0818. The van der Waals surface area contributed by atoms with Gasteiger partial charge in [0.15, 0.2) is 0 Å². The zero-order valence-electron chi connectivity index (χ0n) is 14.1. The number of H-pyrrole nitrogens is 1. The fourth-order valence-electron chi connectivity index (χ4n) is 2.70. The van der Waals surface area contributed by atoms with Crippen LogP contribution in [0.15, 0.2) is 47.3 Å². The van der Waals surface area contributed by atoms with Crippen LogP contribution in [-0.4, -0.2) is 27.3 Å². The van der Waals surface area contributed by atoms with Crippen molar-refractivity contribution < 1.29 is 4.79 Å². The SMILES string of the molecule is CCN(Cc1nc2ccccc2c(=O)[nH]1)C(=O)Cc1ccc(Cl)c(Cl)c1. The number of carbonyl (C=O) groups excluding carboxylic acids is 1. The minimum Gasteiger partial charge on any atom is -0.335 e. The van der Waals surface area contributed by atoms with Gasteiger partial charge in [0.1, 0.15) is 5.82 Å². The number of benzene rings is 2. The van der Waals surface area contributed by atoms with E-state index in [2.05, 4.69) is 9.97 Å². The van der Waals surface area contributed by atoms with Crippen molar-refractivity contribution in [3.63, 3.8) is 0 Å². The molecule has 0 aliphatic rings. The Labute approximate surface area is 160 Å². The Balaban J connectivity index is 1.79. The first-order valence-electron chi connectivity index (χ1n) is 8.17. The van der Waals surface area contributed by atoms with Crippen molar-refractivity contribution in [3.05, 3.63) is 74.3 Å². The number of fused-ring (bicyclic) bond motifs is 1. The van der Waals surface area contributed by atoms with Crippen molar-refractivity contribution >= 4 is 40.0 Å². The van der Waals surface area contributed by atoms with Crippen LogP contribution in [0, 0.1) is 0 Å². The number of halogens is 2. The average Bonchev–Trinajstić information content (AvgIpc) is 2.62. The van der Waals surface area contributed by atoms with E-state index < -0.39 is 0 Å². The summed E-state index contributed by atoms with van der Waals surface area (Å²) >= 11 is 11.9. The second-order valence-electron chi connectivity index (χ2n) is 5.86. The summed E-state index contributed by atoms with van der Waals surface area (Å²) in [5.74, 6) is 0.375. The van der Waals surface area contributed by atoms with Gasteiger partial charge in [0, 0.05) is 6.54 Å². The van der Waals surface area contributed by atoms with Gasteiger partial charge >= 0.3 is 0 Å². The minimum atomic E-state index is -0.210. The second-order valence-corrected chi connectivity index (χ2v) is 6.68. The molecular weight excluding hydrogens is 373 g/mol. The van der Waals surface area contributed by atoms with Crippen molar-refractivity contribution in [2.75, 3.05) is 6.54 Å². The van der Waals surface area contributed by atoms with Crippen molar-refractivity contribution in [1.82, 2.24) is 14.9 Å². The number of aromatic amines is 1. The van der Waals surface area contributed by atoms with Gasteiger partial charge < -0.3 is 9.88 Å². The number of likely N-dealkylation sites (N-methyl/N-ethyl adjacent to an activating group) is 1. The van der Waals surface area contributed by atoms with Crippen molar-refractivity contribution in [2.45, 2.75) is 19.9 Å². The molecule has 0 aliphatic heterocycles. The number of nitrogens with zero attached hydrogens (tertiary/aromatic N) is 2. The third-order valence-corrected chi connectivity index (χ3v) is 4.82. The highest BCUT2D eigenvalue weighted by atomic mass is 35.5. The van der Waals surface area contributed by atoms with Crippen LogP contribution in [0.1, 0.15) is 18.3 Å². The summed E-state index contributed by atoms with van der Waals surface area (Å²) in [4.78, 5) is 33.6. The number of hydrogen-bond donors (Lipinski definition) is 1. The lowest BCUT2D eigenvalue weighted by Crippen LogP contribution is -2.33. The smallest absolute Gasteiger partial charge is 0.258 e. The number of hydrogen-bond acceptors (Lipinski definition) is 3. The highest BCUT2D eigenvalue weighted by Gasteiger charge is 2.15. The zero-order valence-corrected chi connectivity index (χ0v) is 15.6. The molecule has 1 N–H and O–H groups in total. The first-order chi connectivity index (χ1) is 12.5. The van der Waals surface area contributed by atoms with Crippen molar-refractivity contribution in [2.24, 2.45) is 0 Å². The lowest BCUT2D eigenvalue weighted by Gasteiger charge is -2.20. The molecule has 7 heteroatoms. The van der Waals surface area contributed by atoms with E-state index in [1.54, 1.807) is 41.3 Å². The topological polar surface area (TPSA) is 66.1 Å². The Kier molecular flexibility index (Phi) is 5.59. The fraction of sp³-hybridized carbons (Fsp3) is 0.211. The van der Waals surface area contributed by atoms with Crippen molar-refractivity contribution in [3.8, 4) is 0 Å². The number of para-hydroxylation sites is 1. The normalized spacial score (nSPS) is 10.9. The third-order valence-electron chi connectivity index (χ3n) is 4.08. The fourth-order valence-corrected chi connectivity index (χ4v) is 3.02. The number of amides is 1. The molecule has 1 amide bonds. The highest BCUT2D eigenvalue weighted by molar-refractivity contribution is 6.42. The molecule has 0 saturated heterocycles. The van der Waals surface area contributed by atoms with Gasteiger partial charge in [-0.3, -0.25) is 9.59 Å². The van der Waals surface area contributed by atoms with Gasteiger partial charge in [-0.05, 0) is 36.8 Å². The lowest BCUT2D eigenvalue weighted by atomic mass is 10.1. The molecule has 0 unspecified atom stereocenters. The van der Waals surface area contributed by atoms with Gasteiger partial charge in [-0.15, -0.1) is 0 Å². The molecule has 3 rings (SSSR count). The van der Waals surface area contributed by atoms with Gasteiger partial charge in [0.05, 0.1) is 33.9 Å². The maximum Gasteiger partial charge on any atom is 0.258 e. The molecule has 5 nitrogen and oxygen atoms in total. The Morgan fingerprint density at radius 1 is 1.15 bits per heavy atom. The van der Waals surface area contributed by atoms with Crippen LogP contribution in [0.3, 0.4) is 0 Å². The van der Waals surface area contributed by atoms with E-state index in [-0.39, 0.29) is 24.4 Å². The molecule has 1 heterocycles. The van der Waals surface area contributed by atoms with E-state index in [9.17, 15) is 9.59 Å². The Bertz CT molecular complexity index is 1020. The largest absolute Gasteiger partial charge is 0.335 e. The van der Waals surface area contributed by atoms with Gasteiger partial charge in [-0.2, -0.15) is 0 Å². The molecule has 2 aromatic carbocycles. The quantitative estimate of drug-likeness (QED) is 0.720. The van der Waals surface area contributed by atoms with Crippen LogP contribution < -0.4 is 5.56 Å². The van der Waals surface area contributed by atoms with Crippen LogP contribution in [-0.2, 0) is 17.8 Å². The first kappa shape index (κ1) is 18.4. The molecule has 0 saturated carbocycles. The van der Waals surface area contributed by atoms with Gasteiger partial charge in [0.25, 0.3) is 5.56 Å². The summed E-state index contributed by atoms with van der Waals surface area (Å²) in [6, 6.07) is 12.2. The van der Waals surface area contributed by atoms with Crippen LogP contribution in [0.4, 0.5) is 0 Å². The van der Waals surface area contributed by atoms with E-state index in [0.717, 1.165) is 5.56 Å². The number of nitrogens with one attached hydrogen (secondary N) is 1. The summed E-state index contributed by atoms with van der Waals surface area (Å²) in [5.41, 5.74) is 1.18. The molecule has 0 radical (unpaired) electrons. The zero-order chi connectivity index (χ0) is 18.7. The van der Waals surface area contributed by atoms with Crippen LogP contribution in [0.25, 0.3) is 10.9 Å². The molecule has 134 valence electrons. The highest BCUT2D eigenvalue weighted by Crippen LogP contribution is 2.23. The molecule has 26 heavy (non-hydrogen) atoms. The van der Waals surface area contributed by atoms with Crippen LogP contribution in [0.2, 0.25) is 10.0 Å². The van der Waals surface area contributed by atoms with Crippen LogP contribution in [0.5, 0.6) is 0 Å². The maximum absolute atomic E-state index is 12.6. The van der Waals surface area contributed by atoms with E-state index in [1.807, 2.05) is 13.0 Å². The van der Waals surface area contributed by atoms with Gasteiger partial charge in [-0.1, -0.05) is 41.4 Å². The lowest BCUT2D eigenvalue weighted by molar-refractivity contribution is -0.131. The summed E-state index contributed by atoms with van der Waals surface area (Å²) in [6.07, 6.45) is 0.197. The Hall–Kier alpha value is -2.37. The second kappa shape index (κ2) is 7.89. The summed E-state index contributed by atoms with van der Waals surface area (Å²) in [5, 5.41) is 1.40. The third kappa shape index (κ3) is 4.06. The van der Waals surface area contributed by atoms with Crippen LogP contribution >= 0.6 is 23.2 Å². The number of aromatic nitrogens is 2. The molecule has 0 atom stereocenters. The number of carbonyl (C=O) groups is 1. The molecule has 0 fully saturated rings. The molecule has 0 bridgehead atoms. The number of rotatable bonds is 5. The summed E-state index contributed by atoms with van der Waals surface area (Å²) in [6.45, 7) is 2.61. The van der Waals surface area contributed by atoms with Gasteiger partial charge in [-0.25, -0.2) is 4.98 Å². The van der Waals surface area contributed by atoms with Crippen molar-refractivity contribution in [1.29, 1.82) is 0 Å². The Morgan fingerprint density at radius 3 is 2.65 bits per heavy atom. The Morgan fingerprint density at radius 2 is 1.92 bits per heavy atom. The van der Waals surface area contributed by atoms with E-state index in [1.165, 1.54) is 0 Å². The summed E-state index contributed by atoms with van der Waals surface area (Å²) < 4.78 is 0. The molecule has 1 aromatic heterocycles. The van der Waals surface area contributed by atoms with E-state index >= 15 is 0 Å². The average molecular weight is 390 g/mol. The first-order valence-corrected chi connectivity index (χ1v) is 8.93. The van der Waals surface area contributed by atoms with Gasteiger partial charge in [0.2, 0.25) is 5.91 Å². The van der Waals surface area contributed by atoms with E-state index in [4.69, 9.17) is 23.2 Å². The summed E-state index contributed by atoms with van der Waals surface area (Å²) in [7, 11) is 0. The monoisotopic (exact) mass is 389 g/mol. The predicted molar refractivity (Wildman–Crippen MR) is 104 cm³/mol. The molecule has 3 aromatic rings. The molecule has 0 aliphatic carbocycles. The molecule has 0 spiro atoms. The predicted octanol–water partition coefficient (Wildman–Crippen LogP) is 3.82. The maximum atomic E-state index is 12.6.